The fourth-order valence-electron chi connectivity index (χ4n) is 2.90. The van der Waals surface area contributed by atoms with E-state index >= 15 is 0 Å². The zero-order chi connectivity index (χ0) is 17.2. The van der Waals surface area contributed by atoms with Crippen molar-refractivity contribution in [1.29, 1.82) is 0 Å². The molecule has 0 atom stereocenters. The second-order valence-electron chi connectivity index (χ2n) is 5.66. The molecule has 1 aliphatic rings. The van der Waals surface area contributed by atoms with Crippen molar-refractivity contribution in [3.05, 3.63) is 65.7 Å². The molecule has 126 valence electrons. The maximum Gasteiger partial charge on any atom is 0.418 e. The van der Waals surface area contributed by atoms with E-state index in [1.54, 1.807) is 40.1 Å². The van der Waals surface area contributed by atoms with Crippen LogP contribution in [0.2, 0.25) is 0 Å². The number of carbonyl (C=O) groups excluding carboxylic acids is 1. The van der Waals surface area contributed by atoms with E-state index in [9.17, 15) is 18.0 Å². The highest BCUT2D eigenvalue weighted by Gasteiger charge is 2.35. The molecule has 6 heteroatoms. The SMILES string of the molecule is O=C(c1ccccc1)N1CCN(c2ccccc2C(F)(F)F)CC1. The third kappa shape index (κ3) is 3.37. The van der Waals surface area contributed by atoms with Crippen LogP contribution in [0.1, 0.15) is 15.9 Å². The van der Waals surface area contributed by atoms with E-state index < -0.39 is 11.7 Å². The Morgan fingerprint density at radius 1 is 0.833 bits per heavy atom. The lowest BCUT2D eigenvalue weighted by atomic mass is 10.1. The Morgan fingerprint density at radius 3 is 2.04 bits per heavy atom. The van der Waals surface area contributed by atoms with Crippen LogP contribution in [0.5, 0.6) is 0 Å². The number of rotatable bonds is 2. The summed E-state index contributed by atoms with van der Waals surface area (Å²) in [4.78, 5) is 15.8. The Kier molecular flexibility index (Phi) is 4.46. The second-order valence-corrected chi connectivity index (χ2v) is 5.66. The smallest absolute Gasteiger partial charge is 0.367 e. The summed E-state index contributed by atoms with van der Waals surface area (Å²) < 4.78 is 39.4. The van der Waals surface area contributed by atoms with E-state index in [2.05, 4.69) is 0 Å². The number of piperazine rings is 1. The van der Waals surface area contributed by atoms with Crippen LogP contribution in [-0.4, -0.2) is 37.0 Å². The summed E-state index contributed by atoms with van der Waals surface area (Å²) in [7, 11) is 0. The van der Waals surface area contributed by atoms with Gasteiger partial charge in [0.15, 0.2) is 0 Å². The highest BCUT2D eigenvalue weighted by molar-refractivity contribution is 5.94. The standard InChI is InChI=1S/C18H17F3N2O/c19-18(20,21)15-8-4-5-9-16(15)22-10-12-23(13-11-22)17(24)14-6-2-1-3-7-14/h1-9H,10-13H2. The number of amides is 1. The van der Waals surface area contributed by atoms with Gasteiger partial charge in [-0.2, -0.15) is 13.2 Å². The van der Waals surface area contributed by atoms with Crippen LogP contribution < -0.4 is 4.90 Å². The van der Waals surface area contributed by atoms with Gasteiger partial charge in [-0.3, -0.25) is 4.79 Å². The second kappa shape index (κ2) is 6.55. The minimum absolute atomic E-state index is 0.0839. The molecule has 0 aromatic heterocycles. The zero-order valence-corrected chi connectivity index (χ0v) is 13.0. The molecule has 0 bridgehead atoms. The molecule has 24 heavy (non-hydrogen) atoms. The third-order valence-electron chi connectivity index (χ3n) is 4.14. The lowest BCUT2D eigenvalue weighted by Gasteiger charge is -2.37. The van der Waals surface area contributed by atoms with E-state index in [1.807, 2.05) is 6.07 Å². The molecule has 2 aromatic rings. The van der Waals surface area contributed by atoms with E-state index in [0.717, 1.165) is 6.07 Å². The predicted octanol–water partition coefficient (Wildman–Crippen LogP) is 3.67. The first-order valence-corrected chi connectivity index (χ1v) is 7.72. The first-order valence-electron chi connectivity index (χ1n) is 7.72. The van der Waals surface area contributed by atoms with Crippen LogP contribution in [-0.2, 0) is 6.18 Å². The number of halogens is 3. The highest BCUT2D eigenvalue weighted by Crippen LogP contribution is 2.36. The molecule has 1 fully saturated rings. The van der Waals surface area contributed by atoms with Gasteiger partial charge in [-0.15, -0.1) is 0 Å². The summed E-state index contributed by atoms with van der Waals surface area (Å²) in [5.74, 6) is -0.0839. The Bertz CT molecular complexity index is 708. The predicted molar refractivity (Wildman–Crippen MR) is 86.0 cm³/mol. The minimum atomic E-state index is -4.38. The molecule has 1 saturated heterocycles. The fraction of sp³-hybridized carbons (Fsp3) is 0.278. The summed E-state index contributed by atoms with van der Waals surface area (Å²) in [5.41, 5.74) is 0.145. The Labute approximate surface area is 138 Å². The molecule has 0 unspecified atom stereocenters. The summed E-state index contributed by atoms with van der Waals surface area (Å²) in [6.45, 7) is 1.57. The van der Waals surface area contributed by atoms with Crippen molar-refractivity contribution >= 4 is 11.6 Å². The molecule has 1 aliphatic heterocycles. The Hall–Kier alpha value is -2.50. The van der Waals surface area contributed by atoms with Gasteiger partial charge in [-0.25, -0.2) is 0 Å². The molecule has 0 N–H and O–H groups in total. The normalized spacial score (nSPS) is 15.5. The number of carbonyl (C=O) groups is 1. The summed E-state index contributed by atoms with van der Waals surface area (Å²) in [6.07, 6.45) is -4.38. The third-order valence-corrected chi connectivity index (χ3v) is 4.14. The zero-order valence-electron chi connectivity index (χ0n) is 13.0. The number of alkyl halides is 3. The van der Waals surface area contributed by atoms with Gasteiger partial charge in [-0.1, -0.05) is 30.3 Å². The average Bonchev–Trinajstić information content (AvgIpc) is 2.61. The molecule has 3 nitrogen and oxygen atoms in total. The molecular formula is C18H17F3N2O. The van der Waals surface area contributed by atoms with Crippen molar-refractivity contribution in [2.45, 2.75) is 6.18 Å². The van der Waals surface area contributed by atoms with E-state index in [0.29, 0.717) is 31.7 Å². The topological polar surface area (TPSA) is 23.6 Å². The van der Waals surface area contributed by atoms with Crippen molar-refractivity contribution in [2.24, 2.45) is 0 Å². The molecule has 0 spiro atoms. The first-order chi connectivity index (χ1) is 11.5. The van der Waals surface area contributed by atoms with Gasteiger partial charge in [0.05, 0.1) is 5.56 Å². The van der Waals surface area contributed by atoms with Crippen molar-refractivity contribution in [3.8, 4) is 0 Å². The lowest BCUT2D eigenvalue weighted by Crippen LogP contribution is -2.49. The van der Waals surface area contributed by atoms with Gasteiger partial charge < -0.3 is 9.80 Å². The van der Waals surface area contributed by atoms with Crippen molar-refractivity contribution in [2.75, 3.05) is 31.1 Å². The van der Waals surface area contributed by atoms with Crippen LogP contribution in [0, 0.1) is 0 Å². The molecule has 0 radical (unpaired) electrons. The summed E-state index contributed by atoms with van der Waals surface area (Å²) in [5, 5.41) is 0. The first kappa shape index (κ1) is 16.4. The summed E-state index contributed by atoms with van der Waals surface area (Å²) >= 11 is 0. The number of anilines is 1. The fourth-order valence-corrected chi connectivity index (χ4v) is 2.90. The maximum atomic E-state index is 13.1. The minimum Gasteiger partial charge on any atom is -0.367 e. The van der Waals surface area contributed by atoms with Crippen LogP contribution in [0.4, 0.5) is 18.9 Å². The molecule has 0 aliphatic carbocycles. The number of hydrogen-bond acceptors (Lipinski definition) is 2. The number of benzene rings is 2. The molecule has 3 rings (SSSR count). The molecule has 1 heterocycles. The van der Waals surface area contributed by atoms with Gasteiger partial charge in [0, 0.05) is 37.4 Å². The Balaban J connectivity index is 1.71. The van der Waals surface area contributed by atoms with Gasteiger partial charge in [0.2, 0.25) is 0 Å². The lowest BCUT2D eigenvalue weighted by molar-refractivity contribution is -0.137. The molecule has 0 saturated carbocycles. The molecule has 1 amide bonds. The molecule has 2 aromatic carbocycles. The summed E-state index contributed by atoms with van der Waals surface area (Å²) in [6, 6.07) is 14.5. The number of nitrogens with zero attached hydrogens (tertiary/aromatic N) is 2. The van der Waals surface area contributed by atoms with E-state index in [1.165, 1.54) is 12.1 Å². The maximum absolute atomic E-state index is 13.1. The van der Waals surface area contributed by atoms with Gasteiger partial charge >= 0.3 is 6.18 Å². The van der Waals surface area contributed by atoms with E-state index in [4.69, 9.17) is 0 Å². The highest BCUT2D eigenvalue weighted by atomic mass is 19.4. The Morgan fingerprint density at radius 2 is 1.42 bits per heavy atom. The van der Waals surface area contributed by atoms with Crippen molar-refractivity contribution < 1.29 is 18.0 Å². The van der Waals surface area contributed by atoms with Crippen molar-refractivity contribution in [1.82, 2.24) is 4.90 Å². The largest absolute Gasteiger partial charge is 0.418 e. The molecular weight excluding hydrogens is 317 g/mol. The number of para-hydroxylation sites is 1. The quantitative estimate of drug-likeness (QED) is 0.837. The van der Waals surface area contributed by atoms with Crippen LogP contribution in [0.3, 0.4) is 0 Å². The van der Waals surface area contributed by atoms with Crippen LogP contribution >= 0.6 is 0 Å². The monoisotopic (exact) mass is 334 g/mol. The van der Waals surface area contributed by atoms with Crippen LogP contribution in [0.25, 0.3) is 0 Å². The average molecular weight is 334 g/mol. The van der Waals surface area contributed by atoms with Crippen LogP contribution in [0.15, 0.2) is 54.6 Å². The van der Waals surface area contributed by atoms with Crippen molar-refractivity contribution in [3.63, 3.8) is 0 Å². The van der Waals surface area contributed by atoms with Gasteiger partial charge in [-0.05, 0) is 24.3 Å². The van der Waals surface area contributed by atoms with Gasteiger partial charge in [0.25, 0.3) is 5.91 Å². The van der Waals surface area contributed by atoms with Gasteiger partial charge in [0.1, 0.15) is 0 Å². The van der Waals surface area contributed by atoms with E-state index in [-0.39, 0.29) is 11.6 Å². The number of hydrogen-bond donors (Lipinski definition) is 0.